The standard InChI is InChI=1S/C13H23N3O3/c1-4-8-11-12(13(17)19-6-3)14-15-16(11)9-7-10-18-5-2/h4-10H2,1-3H3. The second-order valence-electron chi connectivity index (χ2n) is 4.13. The minimum Gasteiger partial charge on any atom is -0.461 e. The number of ether oxygens (including phenoxy) is 2. The van der Waals surface area contributed by atoms with Crippen LogP contribution in [-0.2, 0) is 22.4 Å². The molecule has 0 atom stereocenters. The fourth-order valence-electron chi connectivity index (χ4n) is 1.82. The lowest BCUT2D eigenvalue weighted by molar-refractivity contribution is 0.0518. The summed E-state index contributed by atoms with van der Waals surface area (Å²) in [6.45, 7) is 8.28. The van der Waals surface area contributed by atoms with Crippen molar-refractivity contribution in [2.75, 3.05) is 19.8 Å². The highest BCUT2D eigenvalue weighted by atomic mass is 16.5. The molecule has 1 rings (SSSR count). The molecule has 0 aromatic carbocycles. The summed E-state index contributed by atoms with van der Waals surface area (Å²) in [6.07, 6.45) is 2.57. The Hall–Kier alpha value is -1.43. The van der Waals surface area contributed by atoms with Crippen LogP contribution >= 0.6 is 0 Å². The van der Waals surface area contributed by atoms with Gasteiger partial charge in [0.1, 0.15) is 0 Å². The molecule has 0 radical (unpaired) electrons. The van der Waals surface area contributed by atoms with Crippen molar-refractivity contribution in [2.24, 2.45) is 0 Å². The number of aromatic nitrogens is 3. The van der Waals surface area contributed by atoms with E-state index in [1.54, 1.807) is 11.6 Å². The molecule has 0 bridgehead atoms. The third-order valence-electron chi connectivity index (χ3n) is 2.66. The molecule has 0 aliphatic heterocycles. The highest BCUT2D eigenvalue weighted by molar-refractivity contribution is 5.88. The maximum atomic E-state index is 11.8. The van der Waals surface area contributed by atoms with Gasteiger partial charge in [0, 0.05) is 19.8 Å². The maximum Gasteiger partial charge on any atom is 0.360 e. The van der Waals surface area contributed by atoms with Gasteiger partial charge in [0.15, 0.2) is 5.69 Å². The average molecular weight is 269 g/mol. The first-order valence-electron chi connectivity index (χ1n) is 6.91. The summed E-state index contributed by atoms with van der Waals surface area (Å²) < 4.78 is 12.1. The van der Waals surface area contributed by atoms with Gasteiger partial charge in [-0.3, -0.25) is 0 Å². The summed E-state index contributed by atoms with van der Waals surface area (Å²) in [5.41, 5.74) is 1.21. The maximum absolute atomic E-state index is 11.8. The molecule has 0 saturated carbocycles. The van der Waals surface area contributed by atoms with Crippen molar-refractivity contribution in [3.05, 3.63) is 11.4 Å². The average Bonchev–Trinajstić information content (AvgIpc) is 2.79. The van der Waals surface area contributed by atoms with Crippen LogP contribution in [0.5, 0.6) is 0 Å². The number of carbonyl (C=O) groups excluding carboxylic acids is 1. The molecule has 0 N–H and O–H groups in total. The van der Waals surface area contributed by atoms with Crippen LogP contribution in [0.4, 0.5) is 0 Å². The first kappa shape index (κ1) is 15.6. The predicted octanol–water partition coefficient (Wildman–Crippen LogP) is 1.83. The van der Waals surface area contributed by atoms with Gasteiger partial charge in [-0.1, -0.05) is 18.6 Å². The van der Waals surface area contributed by atoms with E-state index >= 15 is 0 Å². The van der Waals surface area contributed by atoms with E-state index in [1.165, 1.54) is 0 Å². The first-order chi connectivity index (χ1) is 9.24. The zero-order valence-corrected chi connectivity index (χ0v) is 12.0. The smallest absolute Gasteiger partial charge is 0.360 e. The molecule has 1 aromatic rings. The normalized spacial score (nSPS) is 10.7. The van der Waals surface area contributed by atoms with Gasteiger partial charge >= 0.3 is 5.97 Å². The molecule has 0 spiro atoms. The molecule has 1 heterocycles. The summed E-state index contributed by atoms with van der Waals surface area (Å²) in [5, 5.41) is 8.00. The largest absolute Gasteiger partial charge is 0.461 e. The summed E-state index contributed by atoms with van der Waals surface area (Å²) in [7, 11) is 0. The Morgan fingerprint density at radius 1 is 1.26 bits per heavy atom. The van der Waals surface area contributed by atoms with Gasteiger partial charge in [0.05, 0.1) is 12.3 Å². The molecule has 0 unspecified atom stereocenters. The Balaban J connectivity index is 2.72. The van der Waals surface area contributed by atoms with Crippen molar-refractivity contribution in [1.82, 2.24) is 15.0 Å². The van der Waals surface area contributed by atoms with Crippen LogP contribution < -0.4 is 0 Å². The molecule has 0 saturated heterocycles. The van der Waals surface area contributed by atoms with Crippen molar-refractivity contribution < 1.29 is 14.3 Å². The molecule has 0 amide bonds. The molecular weight excluding hydrogens is 246 g/mol. The Labute approximate surface area is 114 Å². The first-order valence-corrected chi connectivity index (χ1v) is 6.91. The van der Waals surface area contributed by atoms with Crippen LogP contribution in [0.2, 0.25) is 0 Å². The lowest BCUT2D eigenvalue weighted by atomic mass is 10.2. The molecule has 0 aliphatic carbocycles. The molecule has 6 nitrogen and oxygen atoms in total. The number of aryl methyl sites for hydroxylation is 1. The number of carbonyl (C=O) groups is 1. The number of rotatable bonds is 9. The van der Waals surface area contributed by atoms with Crippen LogP contribution in [0.25, 0.3) is 0 Å². The highest BCUT2D eigenvalue weighted by Crippen LogP contribution is 2.10. The molecule has 19 heavy (non-hydrogen) atoms. The minimum absolute atomic E-state index is 0.347. The van der Waals surface area contributed by atoms with E-state index in [4.69, 9.17) is 9.47 Å². The minimum atomic E-state index is -0.387. The topological polar surface area (TPSA) is 66.2 Å². The molecule has 0 aliphatic rings. The van der Waals surface area contributed by atoms with Crippen molar-refractivity contribution in [2.45, 2.75) is 46.6 Å². The van der Waals surface area contributed by atoms with E-state index in [0.717, 1.165) is 25.0 Å². The van der Waals surface area contributed by atoms with Crippen LogP contribution in [0, 0.1) is 0 Å². The molecule has 0 fully saturated rings. The Bertz CT molecular complexity index is 390. The summed E-state index contributed by atoms with van der Waals surface area (Å²) in [5.74, 6) is -0.387. The fraction of sp³-hybridized carbons (Fsp3) is 0.769. The van der Waals surface area contributed by atoms with E-state index in [9.17, 15) is 4.79 Å². The van der Waals surface area contributed by atoms with Crippen LogP contribution in [-0.4, -0.2) is 40.8 Å². The molecule has 108 valence electrons. The van der Waals surface area contributed by atoms with Crippen molar-refractivity contribution in [3.8, 4) is 0 Å². The Kier molecular flexibility index (Phi) is 7.10. The zero-order valence-electron chi connectivity index (χ0n) is 12.0. The van der Waals surface area contributed by atoms with Crippen LogP contribution in [0.15, 0.2) is 0 Å². The van der Waals surface area contributed by atoms with Crippen molar-refractivity contribution >= 4 is 5.97 Å². The van der Waals surface area contributed by atoms with Gasteiger partial charge in [-0.15, -0.1) is 5.10 Å². The summed E-state index contributed by atoms with van der Waals surface area (Å²) >= 11 is 0. The number of hydrogen-bond acceptors (Lipinski definition) is 5. The monoisotopic (exact) mass is 269 g/mol. The van der Waals surface area contributed by atoms with E-state index in [2.05, 4.69) is 17.2 Å². The summed E-state index contributed by atoms with van der Waals surface area (Å²) in [6, 6.07) is 0. The third-order valence-corrected chi connectivity index (χ3v) is 2.66. The molecule has 1 aromatic heterocycles. The number of nitrogens with zero attached hydrogens (tertiary/aromatic N) is 3. The Morgan fingerprint density at radius 2 is 2.05 bits per heavy atom. The second kappa shape index (κ2) is 8.63. The van der Waals surface area contributed by atoms with E-state index in [0.29, 0.717) is 32.1 Å². The Morgan fingerprint density at radius 3 is 2.68 bits per heavy atom. The van der Waals surface area contributed by atoms with Gasteiger partial charge in [-0.05, 0) is 26.7 Å². The molecular formula is C13H23N3O3. The van der Waals surface area contributed by atoms with E-state index < -0.39 is 0 Å². The lowest BCUT2D eigenvalue weighted by Gasteiger charge is -2.07. The van der Waals surface area contributed by atoms with E-state index in [1.807, 2.05) is 6.92 Å². The fourth-order valence-corrected chi connectivity index (χ4v) is 1.82. The zero-order chi connectivity index (χ0) is 14.1. The van der Waals surface area contributed by atoms with Gasteiger partial charge in [0.25, 0.3) is 0 Å². The SMILES string of the molecule is CCCc1c(C(=O)OCC)nnn1CCCOCC. The van der Waals surface area contributed by atoms with Crippen molar-refractivity contribution in [3.63, 3.8) is 0 Å². The van der Waals surface area contributed by atoms with Crippen molar-refractivity contribution in [1.29, 1.82) is 0 Å². The van der Waals surface area contributed by atoms with Gasteiger partial charge in [-0.2, -0.15) is 0 Å². The van der Waals surface area contributed by atoms with Gasteiger partial charge in [0.2, 0.25) is 0 Å². The van der Waals surface area contributed by atoms with Gasteiger partial charge in [-0.25, -0.2) is 9.48 Å². The van der Waals surface area contributed by atoms with Crippen LogP contribution in [0.1, 0.15) is 49.8 Å². The van der Waals surface area contributed by atoms with Crippen LogP contribution in [0.3, 0.4) is 0 Å². The molecule has 6 heteroatoms. The number of hydrogen-bond donors (Lipinski definition) is 0. The number of esters is 1. The summed E-state index contributed by atoms with van der Waals surface area (Å²) in [4.78, 5) is 11.8. The third kappa shape index (κ3) is 4.63. The second-order valence-corrected chi connectivity index (χ2v) is 4.13. The quantitative estimate of drug-likeness (QED) is 0.505. The highest BCUT2D eigenvalue weighted by Gasteiger charge is 2.19. The predicted molar refractivity (Wildman–Crippen MR) is 71.1 cm³/mol. The van der Waals surface area contributed by atoms with E-state index in [-0.39, 0.29) is 5.97 Å². The van der Waals surface area contributed by atoms with Gasteiger partial charge < -0.3 is 9.47 Å². The lowest BCUT2D eigenvalue weighted by Crippen LogP contribution is -2.12.